The van der Waals surface area contributed by atoms with Gasteiger partial charge in [0.15, 0.2) is 0 Å². The predicted octanol–water partition coefficient (Wildman–Crippen LogP) is 2.30. The lowest BCUT2D eigenvalue weighted by molar-refractivity contribution is 0.271. The Morgan fingerprint density at radius 3 is 2.65 bits per heavy atom. The van der Waals surface area contributed by atoms with Crippen LogP contribution in [0.4, 0.5) is 0 Å². The van der Waals surface area contributed by atoms with Gasteiger partial charge in [-0.15, -0.1) is 11.8 Å². The largest absolute Gasteiger partial charge is 0.281 e. The van der Waals surface area contributed by atoms with Crippen LogP contribution < -0.4 is 0 Å². The second kappa shape index (κ2) is 6.93. The van der Waals surface area contributed by atoms with Crippen LogP contribution in [-0.2, 0) is 10.2 Å². The van der Waals surface area contributed by atoms with Gasteiger partial charge in [-0.2, -0.15) is 17.0 Å². The van der Waals surface area contributed by atoms with Crippen molar-refractivity contribution in [2.75, 3.05) is 32.9 Å². The molecule has 1 aliphatic rings. The van der Waals surface area contributed by atoms with Crippen LogP contribution in [0.5, 0.6) is 0 Å². The van der Waals surface area contributed by atoms with E-state index in [0.29, 0.717) is 19.0 Å². The molecule has 0 N–H and O–H groups in total. The summed E-state index contributed by atoms with van der Waals surface area (Å²) in [5, 5.41) is 0. The first-order valence-corrected chi connectivity index (χ1v) is 9.24. The average molecular weight is 314 g/mol. The van der Waals surface area contributed by atoms with Crippen molar-refractivity contribution in [1.82, 2.24) is 8.61 Å². The number of benzene rings is 1. The van der Waals surface area contributed by atoms with E-state index < -0.39 is 10.2 Å². The highest BCUT2D eigenvalue weighted by Crippen LogP contribution is 2.27. The summed E-state index contributed by atoms with van der Waals surface area (Å²) in [7, 11) is -0.0686. The van der Waals surface area contributed by atoms with Gasteiger partial charge >= 0.3 is 0 Å². The lowest BCUT2D eigenvalue weighted by atomic mass is 10.0. The Balaban J connectivity index is 1.91. The fraction of sp³-hybridized carbons (Fsp3) is 0.571. The molecule has 0 aromatic heterocycles. The summed E-state index contributed by atoms with van der Waals surface area (Å²) in [6.07, 6.45) is 2.06. The molecule has 0 bridgehead atoms. The smallest absolute Gasteiger partial charge is 0.195 e. The molecule has 0 saturated carbocycles. The Morgan fingerprint density at radius 2 is 2.00 bits per heavy atom. The minimum atomic E-state index is -3.26. The molecule has 1 fully saturated rings. The number of thioether (sulfide) groups is 1. The molecule has 0 spiro atoms. The second-order valence-electron chi connectivity index (χ2n) is 5.28. The average Bonchev–Trinajstić information content (AvgIpc) is 2.46. The quantitative estimate of drug-likeness (QED) is 0.783. The van der Waals surface area contributed by atoms with Crippen LogP contribution in [0.3, 0.4) is 0 Å². The van der Waals surface area contributed by atoms with Crippen LogP contribution in [0.2, 0.25) is 0 Å². The molecule has 1 aromatic carbocycles. The number of hydrogen-bond donors (Lipinski definition) is 0. The summed E-state index contributed by atoms with van der Waals surface area (Å²) in [5.74, 6) is 1.41. The highest BCUT2D eigenvalue weighted by molar-refractivity contribution is 7.99. The van der Waals surface area contributed by atoms with Crippen LogP contribution in [0.25, 0.3) is 0 Å². The minimum Gasteiger partial charge on any atom is -0.195 e. The summed E-state index contributed by atoms with van der Waals surface area (Å²) < 4.78 is 27.2. The zero-order valence-electron chi connectivity index (χ0n) is 12.0. The van der Waals surface area contributed by atoms with Crippen LogP contribution in [-0.4, -0.2) is 50.0 Å². The number of hydrogen-bond acceptors (Lipinski definition) is 3. The molecular formula is C14H22N2O2S2. The number of piperidine rings is 1. The van der Waals surface area contributed by atoms with E-state index in [-0.39, 0.29) is 0 Å². The van der Waals surface area contributed by atoms with E-state index in [9.17, 15) is 8.42 Å². The fourth-order valence-corrected chi connectivity index (χ4v) is 4.60. The molecule has 1 aromatic rings. The molecule has 2 rings (SSSR count). The first kappa shape index (κ1) is 15.8. The molecule has 1 saturated heterocycles. The summed E-state index contributed by atoms with van der Waals surface area (Å²) >= 11 is 1.81. The SMILES string of the molecule is CN(C)S(=O)(=O)N1CCCC(CSc2ccccc2)C1. The highest BCUT2D eigenvalue weighted by Gasteiger charge is 2.30. The van der Waals surface area contributed by atoms with Gasteiger partial charge in [0.25, 0.3) is 10.2 Å². The van der Waals surface area contributed by atoms with E-state index >= 15 is 0 Å². The van der Waals surface area contributed by atoms with Crippen molar-refractivity contribution < 1.29 is 8.42 Å². The molecule has 1 atom stereocenters. The summed E-state index contributed by atoms with van der Waals surface area (Å²) in [4.78, 5) is 1.25. The van der Waals surface area contributed by atoms with Gasteiger partial charge in [-0.05, 0) is 30.9 Å². The van der Waals surface area contributed by atoms with E-state index in [2.05, 4.69) is 12.1 Å². The Kier molecular flexibility index (Phi) is 5.49. The third kappa shape index (κ3) is 3.97. The fourth-order valence-electron chi connectivity index (χ4n) is 2.33. The number of rotatable bonds is 5. The molecule has 1 unspecified atom stereocenters. The van der Waals surface area contributed by atoms with Crippen molar-refractivity contribution in [3.05, 3.63) is 30.3 Å². The Bertz CT molecular complexity index is 517. The molecule has 0 amide bonds. The van der Waals surface area contributed by atoms with Crippen LogP contribution in [0.15, 0.2) is 35.2 Å². The van der Waals surface area contributed by atoms with Gasteiger partial charge in [-0.1, -0.05) is 18.2 Å². The monoisotopic (exact) mass is 314 g/mol. The Labute approximate surface area is 126 Å². The van der Waals surface area contributed by atoms with E-state index in [1.807, 2.05) is 30.0 Å². The molecule has 0 aliphatic carbocycles. The topological polar surface area (TPSA) is 40.6 Å². The van der Waals surface area contributed by atoms with E-state index in [1.165, 1.54) is 9.20 Å². The molecule has 112 valence electrons. The standard InChI is InChI=1S/C14H22N2O2S2/c1-15(2)20(17,18)16-10-6-7-13(11-16)12-19-14-8-4-3-5-9-14/h3-5,8-9,13H,6-7,10-12H2,1-2H3. The van der Waals surface area contributed by atoms with Crippen LogP contribution >= 0.6 is 11.8 Å². The van der Waals surface area contributed by atoms with Gasteiger partial charge in [0, 0.05) is 37.8 Å². The predicted molar refractivity (Wildman–Crippen MR) is 84.1 cm³/mol. The summed E-state index contributed by atoms with van der Waals surface area (Å²) in [5.41, 5.74) is 0. The Morgan fingerprint density at radius 1 is 1.30 bits per heavy atom. The zero-order chi connectivity index (χ0) is 14.6. The highest BCUT2D eigenvalue weighted by atomic mass is 32.2. The van der Waals surface area contributed by atoms with Crippen molar-refractivity contribution in [2.24, 2.45) is 5.92 Å². The van der Waals surface area contributed by atoms with Gasteiger partial charge in [0.2, 0.25) is 0 Å². The van der Waals surface area contributed by atoms with Gasteiger partial charge in [-0.3, -0.25) is 0 Å². The maximum atomic E-state index is 12.2. The van der Waals surface area contributed by atoms with Gasteiger partial charge in [-0.25, -0.2) is 0 Å². The van der Waals surface area contributed by atoms with Gasteiger partial charge in [0.1, 0.15) is 0 Å². The van der Waals surface area contributed by atoms with Crippen molar-refractivity contribution in [1.29, 1.82) is 0 Å². The molecule has 20 heavy (non-hydrogen) atoms. The third-order valence-electron chi connectivity index (χ3n) is 3.50. The molecular weight excluding hydrogens is 292 g/mol. The molecule has 1 aliphatic heterocycles. The van der Waals surface area contributed by atoms with Gasteiger partial charge in [0.05, 0.1) is 0 Å². The van der Waals surface area contributed by atoms with Crippen LogP contribution in [0.1, 0.15) is 12.8 Å². The van der Waals surface area contributed by atoms with E-state index in [1.54, 1.807) is 18.4 Å². The molecule has 6 heteroatoms. The lowest BCUT2D eigenvalue weighted by Gasteiger charge is -2.33. The van der Waals surface area contributed by atoms with Gasteiger partial charge < -0.3 is 0 Å². The van der Waals surface area contributed by atoms with E-state index in [0.717, 1.165) is 18.6 Å². The maximum Gasteiger partial charge on any atom is 0.281 e. The minimum absolute atomic E-state index is 0.434. The van der Waals surface area contributed by atoms with Crippen molar-refractivity contribution >= 4 is 22.0 Å². The van der Waals surface area contributed by atoms with Crippen LogP contribution in [0, 0.1) is 5.92 Å². The first-order chi connectivity index (χ1) is 9.50. The summed E-state index contributed by atoms with van der Waals surface area (Å²) in [6, 6.07) is 10.3. The van der Waals surface area contributed by atoms with Crippen molar-refractivity contribution in [3.63, 3.8) is 0 Å². The lowest BCUT2D eigenvalue weighted by Crippen LogP contribution is -2.45. The molecule has 1 heterocycles. The maximum absolute atomic E-state index is 12.2. The molecule has 4 nitrogen and oxygen atoms in total. The molecule has 0 radical (unpaired) electrons. The third-order valence-corrected chi connectivity index (χ3v) is 6.65. The van der Waals surface area contributed by atoms with Crippen molar-refractivity contribution in [2.45, 2.75) is 17.7 Å². The Hall–Kier alpha value is -0.560. The zero-order valence-corrected chi connectivity index (χ0v) is 13.7. The number of nitrogens with zero attached hydrogens (tertiary/aromatic N) is 2. The second-order valence-corrected chi connectivity index (χ2v) is 8.52. The van der Waals surface area contributed by atoms with E-state index in [4.69, 9.17) is 0 Å². The van der Waals surface area contributed by atoms with Crippen molar-refractivity contribution in [3.8, 4) is 0 Å². The normalized spacial score (nSPS) is 21.2. The first-order valence-electron chi connectivity index (χ1n) is 6.85. The summed E-state index contributed by atoms with van der Waals surface area (Å²) in [6.45, 7) is 1.29.